The topological polar surface area (TPSA) is 56.7 Å². The number of benzene rings is 2. The van der Waals surface area contributed by atoms with Gasteiger partial charge >= 0.3 is 0 Å². The Hall–Kier alpha value is -2.57. The lowest BCUT2D eigenvalue weighted by Gasteiger charge is -2.09. The van der Waals surface area contributed by atoms with Crippen molar-refractivity contribution in [1.82, 2.24) is 19.7 Å². The maximum atomic E-state index is 6.07. The highest BCUT2D eigenvalue weighted by Gasteiger charge is 2.31. The van der Waals surface area contributed by atoms with Gasteiger partial charge in [-0.3, -0.25) is 4.57 Å². The summed E-state index contributed by atoms with van der Waals surface area (Å²) in [6.07, 6.45) is 4.09. The number of oxazole rings is 1. The van der Waals surface area contributed by atoms with Crippen LogP contribution in [-0.4, -0.2) is 19.7 Å². The van der Waals surface area contributed by atoms with Crippen molar-refractivity contribution in [2.24, 2.45) is 0 Å². The summed E-state index contributed by atoms with van der Waals surface area (Å²) in [7, 11) is 0. The van der Waals surface area contributed by atoms with Crippen LogP contribution in [0.2, 0.25) is 5.02 Å². The zero-order chi connectivity index (χ0) is 18.9. The van der Waals surface area contributed by atoms with Gasteiger partial charge in [0.25, 0.3) is 0 Å². The largest absolute Gasteiger partial charge is 0.440 e. The van der Waals surface area contributed by atoms with Crippen molar-refractivity contribution >= 4 is 23.4 Å². The van der Waals surface area contributed by atoms with Gasteiger partial charge in [-0.2, -0.15) is 0 Å². The van der Waals surface area contributed by atoms with E-state index in [-0.39, 0.29) is 0 Å². The van der Waals surface area contributed by atoms with Crippen molar-refractivity contribution in [3.8, 4) is 17.0 Å². The highest BCUT2D eigenvalue weighted by Crippen LogP contribution is 2.41. The standard InChI is InChI=1S/C21H17ClN4OS/c22-16-6-4-5-15(11-16)18-12-23-19(27-18)13-28-21-25-24-20(14-9-10-14)26(21)17-7-2-1-3-8-17/h1-8,11-12,14H,9-10,13H2. The summed E-state index contributed by atoms with van der Waals surface area (Å²) in [6, 6.07) is 17.8. The predicted molar refractivity (Wildman–Crippen MR) is 110 cm³/mol. The average molecular weight is 409 g/mol. The molecule has 0 aliphatic heterocycles. The Bertz CT molecular complexity index is 1100. The molecule has 28 heavy (non-hydrogen) atoms. The summed E-state index contributed by atoms with van der Waals surface area (Å²) in [5.41, 5.74) is 2.00. The number of aromatic nitrogens is 4. The van der Waals surface area contributed by atoms with Crippen LogP contribution in [0.15, 0.2) is 70.4 Å². The maximum absolute atomic E-state index is 6.07. The number of rotatable bonds is 6. The highest BCUT2D eigenvalue weighted by molar-refractivity contribution is 7.98. The smallest absolute Gasteiger partial charge is 0.205 e. The maximum Gasteiger partial charge on any atom is 0.205 e. The molecule has 0 bridgehead atoms. The van der Waals surface area contributed by atoms with Crippen molar-refractivity contribution in [3.05, 3.63) is 77.5 Å². The minimum Gasteiger partial charge on any atom is -0.440 e. The molecule has 0 unspecified atom stereocenters. The molecule has 1 aliphatic rings. The van der Waals surface area contributed by atoms with E-state index in [0.717, 1.165) is 22.2 Å². The molecule has 1 saturated carbocycles. The Labute approximate surface area is 171 Å². The summed E-state index contributed by atoms with van der Waals surface area (Å²) in [5.74, 6) is 3.49. The van der Waals surface area contributed by atoms with Gasteiger partial charge in [0.05, 0.1) is 11.9 Å². The molecule has 1 aliphatic carbocycles. The molecule has 5 nitrogen and oxygen atoms in total. The van der Waals surface area contributed by atoms with E-state index in [1.807, 2.05) is 42.5 Å². The molecule has 2 heterocycles. The monoisotopic (exact) mass is 408 g/mol. The van der Waals surface area contributed by atoms with Crippen molar-refractivity contribution in [3.63, 3.8) is 0 Å². The molecule has 140 valence electrons. The third-order valence-electron chi connectivity index (χ3n) is 4.60. The lowest BCUT2D eigenvalue weighted by Crippen LogP contribution is -2.01. The van der Waals surface area contributed by atoms with E-state index in [1.54, 1.807) is 18.0 Å². The van der Waals surface area contributed by atoms with E-state index in [9.17, 15) is 0 Å². The van der Waals surface area contributed by atoms with Crippen molar-refractivity contribution < 1.29 is 4.42 Å². The summed E-state index contributed by atoms with van der Waals surface area (Å²) >= 11 is 7.65. The summed E-state index contributed by atoms with van der Waals surface area (Å²) in [6.45, 7) is 0. The number of halogens is 1. The molecule has 5 rings (SSSR count). The highest BCUT2D eigenvalue weighted by atomic mass is 35.5. The van der Waals surface area contributed by atoms with E-state index < -0.39 is 0 Å². The van der Waals surface area contributed by atoms with Gasteiger partial charge in [0, 0.05) is 22.2 Å². The average Bonchev–Trinajstić information content (AvgIpc) is 3.30. The van der Waals surface area contributed by atoms with E-state index in [4.69, 9.17) is 16.0 Å². The van der Waals surface area contributed by atoms with Gasteiger partial charge < -0.3 is 4.42 Å². The van der Waals surface area contributed by atoms with Crippen LogP contribution < -0.4 is 0 Å². The number of para-hydroxylation sites is 1. The van der Waals surface area contributed by atoms with Crippen LogP contribution in [-0.2, 0) is 5.75 Å². The van der Waals surface area contributed by atoms with Crippen LogP contribution in [0.4, 0.5) is 0 Å². The fourth-order valence-electron chi connectivity index (χ4n) is 3.08. The first-order valence-corrected chi connectivity index (χ1v) is 10.5. The normalized spacial score (nSPS) is 13.8. The van der Waals surface area contributed by atoms with Crippen LogP contribution in [0, 0.1) is 0 Å². The Balaban J connectivity index is 1.38. The van der Waals surface area contributed by atoms with E-state index in [0.29, 0.717) is 28.3 Å². The Kier molecular flexibility index (Phi) is 4.66. The van der Waals surface area contributed by atoms with Crippen LogP contribution >= 0.6 is 23.4 Å². The molecule has 0 radical (unpaired) electrons. The SMILES string of the molecule is Clc1cccc(-c2cnc(CSc3nnc(C4CC4)n3-c3ccccc3)o2)c1. The quantitative estimate of drug-likeness (QED) is 0.380. The first-order chi connectivity index (χ1) is 13.8. The van der Waals surface area contributed by atoms with Crippen LogP contribution in [0.1, 0.15) is 30.5 Å². The van der Waals surface area contributed by atoms with Crippen molar-refractivity contribution in [1.29, 1.82) is 0 Å². The lowest BCUT2D eigenvalue weighted by atomic mass is 10.2. The first kappa shape index (κ1) is 17.5. The number of nitrogens with zero attached hydrogens (tertiary/aromatic N) is 4. The minimum atomic E-state index is 0.512. The van der Waals surface area contributed by atoms with E-state index in [2.05, 4.69) is 31.9 Å². The van der Waals surface area contributed by atoms with Crippen LogP contribution in [0.3, 0.4) is 0 Å². The molecule has 1 fully saturated rings. The van der Waals surface area contributed by atoms with Gasteiger partial charge in [0.1, 0.15) is 5.82 Å². The van der Waals surface area contributed by atoms with Gasteiger partial charge in [-0.25, -0.2) is 4.98 Å². The van der Waals surface area contributed by atoms with Crippen molar-refractivity contribution in [2.75, 3.05) is 0 Å². The van der Waals surface area contributed by atoms with Crippen molar-refractivity contribution in [2.45, 2.75) is 29.7 Å². The predicted octanol–water partition coefficient (Wildman–Crippen LogP) is 5.75. The second-order valence-electron chi connectivity index (χ2n) is 6.70. The van der Waals surface area contributed by atoms with E-state index in [1.165, 1.54) is 12.8 Å². The molecule has 0 saturated heterocycles. The summed E-state index contributed by atoms with van der Waals surface area (Å²) in [5, 5.41) is 10.4. The molecular weight excluding hydrogens is 392 g/mol. The minimum absolute atomic E-state index is 0.512. The molecule has 7 heteroatoms. The van der Waals surface area contributed by atoms with Gasteiger partial charge in [0.2, 0.25) is 5.89 Å². The van der Waals surface area contributed by atoms with Gasteiger partial charge in [-0.15, -0.1) is 10.2 Å². The molecule has 2 aromatic carbocycles. The van der Waals surface area contributed by atoms with E-state index >= 15 is 0 Å². The van der Waals surface area contributed by atoms with Gasteiger partial charge in [-0.1, -0.05) is 53.7 Å². The summed E-state index contributed by atoms with van der Waals surface area (Å²) in [4.78, 5) is 4.41. The van der Waals surface area contributed by atoms with Crippen LogP contribution in [0.5, 0.6) is 0 Å². The fourth-order valence-corrected chi connectivity index (χ4v) is 4.08. The zero-order valence-electron chi connectivity index (χ0n) is 15.0. The first-order valence-electron chi connectivity index (χ1n) is 9.12. The van der Waals surface area contributed by atoms with Gasteiger partial charge in [0.15, 0.2) is 10.9 Å². The fraction of sp³-hybridized carbons (Fsp3) is 0.190. The molecular formula is C21H17ClN4OS. The molecule has 0 atom stereocenters. The number of hydrogen-bond donors (Lipinski definition) is 0. The third-order valence-corrected chi connectivity index (χ3v) is 5.75. The second kappa shape index (κ2) is 7.45. The third kappa shape index (κ3) is 3.57. The molecule has 0 N–H and O–H groups in total. The number of thioether (sulfide) groups is 1. The summed E-state index contributed by atoms with van der Waals surface area (Å²) < 4.78 is 8.07. The Morgan fingerprint density at radius 2 is 1.93 bits per heavy atom. The van der Waals surface area contributed by atoms with Crippen LogP contribution in [0.25, 0.3) is 17.0 Å². The molecule has 4 aromatic rings. The lowest BCUT2D eigenvalue weighted by molar-refractivity contribution is 0.529. The molecule has 0 spiro atoms. The zero-order valence-corrected chi connectivity index (χ0v) is 16.5. The Morgan fingerprint density at radius 1 is 1.07 bits per heavy atom. The van der Waals surface area contributed by atoms with Gasteiger partial charge in [-0.05, 0) is 37.1 Å². The number of hydrogen-bond acceptors (Lipinski definition) is 5. The molecule has 0 amide bonds. The second-order valence-corrected chi connectivity index (χ2v) is 8.08. The Morgan fingerprint density at radius 3 is 2.71 bits per heavy atom. The molecule has 2 aromatic heterocycles.